The predicted octanol–water partition coefficient (Wildman–Crippen LogP) is 1.64. The van der Waals surface area contributed by atoms with Crippen LogP contribution in [0.25, 0.3) is 0 Å². The maximum absolute atomic E-state index is 13.7. The third-order valence-corrected chi connectivity index (χ3v) is 4.67. The van der Waals surface area contributed by atoms with Crippen LogP contribution < -0.4 is 10.5 Å². The molecule has 1 aromatic carbocycles. The van der Waals surface area contributed by atoms with Crippen molar-refractivity contribution in [3.63, 3.8) is 0 Å². The summed E-state index contributed by atoms with van der Waals surface area (Å²) in [5.74, 6) is -1.61. The van der Waals surface area contributed by atoms with Crippen LogP contribution in [0, 0.1) is 17.6 Å². The number of nitrogens with one attached hydrogen (secondary N) is 1. The van der Waals surface area contributed by atoms with Crippen LogP contribution in [-0.4, -0.2) is 28.2 Å². The summed E-state index contributed by atoms with van der Waals surface area (Å²) in [5, 5.41) is 0. The van der Waals surface area contributed by atoms with Gasteiger partial charge in [0.05, 0.1) is 0 Å². The van der Waals surface area contributed by atoms with Crippen LogP contribution in [0.5, 0.6) is 0 Å². The van der Waals surface area contributed by atoms with E-state index >= 15 is 0 Å². The summed E-state index contributed by atoms with van der Waals surface area (Å²) in [5.41, 5.74) is 4.35. The summed E-state index contributed by atoms with van der Waals surface area (Å²) in [6, 6.07) is 1.68. The van der Waals surface area contributed by atoms with Gasteiger partial charge >= 0.3 is 0 Å². The van der Waals surface area contributed by atoms with Gasteiger partial charge in [-0.3, -0.25) is 0 Å². The Morgan fingerprint density at radius 1 is 1.33 bits per heavy atom. The highest BCUT2D eigenvalue weighted by Gasteiger charge is 2.22. The molecule has 0 saturated heterocycles. The molecule has 1 aromatic rings. The molecule has 0 unspecified atom stereocenters. The molecule has 0 amide bonds. The second-order valence-corrected chi connectivity index (χ2v) is 6.78. The lowest BCUT2D eigenvalue weighted by Crippen LogP contribution is -2.27. The van der Waals surface area contributed by atoms with E-state index in [1.54, 1.807) is 0 Å². The first kappa shape index (κ1) is 16.1. The summed E-state index contributed by atoms with van der Waals surface area (Å²) in [6.45, 7) is 1.26. The third kappa shape index (κ3) is 4.36. The molecule has 0 aromatic heterocycles. The molecule has 2 rings (SSSR count). The van der Waals surface area contributed by atoms with Gasteiger partial charge in [-0.2, -0.15) is 0 Å². The average Bonchev–Trinajstić information content (AvgIpc) is 3.24. The Balaban J connectivity index is 1.84. The minimum absolute atomic E-state index is 0.115. The molecule has 0 bridgehead atoms. The molecule has 1 aliphatic carbocycles. The van der Waals surface area contributed by atoms with Crippen LogP contribution in [0.4, 0.5) is 14.5 Å². The number of halogens is 2. The summed E-state index contributed by atoms with van der Waals surface area (Å²) in [7, 11) is -4.05. The first-order valence-electron chi connectivity index (χ1n) is 6.72. The molecule has 21 heavy (non-hydrogen) atoms. The largest absolute Gasteiger partial charge is 0.394 e. The minimum Gasteiger partial charge on any atom is -0.394 e. The summed E-state index contributed by atoms with van der Waals surface area (Å²) < 4.78 is 58.1. The van der Waals surface area contributed by atoms with E-state index in [0.717, 1.165) is 12.1 Å². The van der Waals surface area contributed by atoms with Crippen molar-refractivity contribution in [1.29, 1.82) is 0 Å². The van der Waals surface area contributed by atoms with Gasteiger partial charge < -0.3 is 10.5 Å². The topological polar surface area (TPSA) is 81.4 Å². The lowest BCUT2D eigenvalue weighted by Gasteiger charge is -2.09. The van der Waals surface area contributed by atoms with Gasteiger partial charge in [-0.05, 0) is 37.3 Å². The molecule has 118 valence electrons. The Bertz CT molecular complexity index is 604. The zero-order valence-electron chi connectivity index (χ0n) is 11.4. The van der Waals surface area contributed by atoms with Gasteiger partial charge in [0.1, 0.15) is 16.4 Å². The highest BCUT2D eigenvalue weighted by atomic mass is 32.2. The Kier molecular flexibility index (Phi) is 5.13. The number of sulfonamides is 1. The molecule has 8 heteroatoms. The number of benzene rings is 1. The highest BCUT2D eigenvalue weighted by Crippen LogP contribution is 2.28. The molecule has 3 N–H and O–H groups in total. The molecule has 0 atom stereocenters. The van der Waals surface area contributed by atoms with Gasteiger partial charge in [-0.1, -0.05) is 0 Å². The normalized spacial score (nSPS) is 15.3. The van der Waals surface area contributed by atoms with E-state index in [-0.39, 0.29) is 6.54 Å². The fourth-order valence-corrected chi connectivity index (χ4v) is 2.91. The van der Waals surface area contributed by atoms with Crippen molar-refractivity contribution >= 4 is 15.7 Å². The van der Waals surface area contributed by atoms with Crippen LogP contribution in [0.2, 0.25) is 0 Å². The monoisotopic (exact) mass is 320 g/mol. The van der Waals surface area contributed by atoms with Crippen molar-refractivity contribution in [2.45, 2.75) is 24.2 Å². The zero-order valence-corrected chi connectivity index (χ0v) is 12.3. The number of nitrogen functional groups attached to an aromatic ring is 1. The molecular weight excluding hydrogens is 302 g/mol. The van der Waals surface area contributed by atoms with Gasteiger partial charge in [-0.15, -0.1) is 0 Å². The van der Waals surface area contributed by atoms with Gasteiger partial charge in [0.25, 0.3) is 0 Å². The number of nitrogens with two attached hydrogens (primary N) is 1. The van der Waals surface area contributed by atoms with Crippen LogP contribution in [-0.2, 0) is 14.8 Å². The third-order valence-electron chi connectivity index (χ3n) is 3.19. The molecular formula is C13H18F2N2O3S. The summed E-state index contributed by atoms with van der Waals surface area (Å²) >= 11 is 0. The van der Waals surface area contributed by atoms with Crippen molar-refractivity contribution < 1.29 is 21.9 Å². The van der Waals surface area contributed by atoms with Crippen molar-refractivity contribution in [3.05, 3.63) is 23.8 Å². The Morgan fingerprint density at radius 3 is 2.71 bits per heavy atom. The number of rotatable bonds is 8. The van der Waals surface area contributed by atoms with E-state index in [1.165, 1.54) is 12.8 Å². The Labute approximate surface area is 122 Å². The lowest BCUT2D eigenvalue weighted by molar-refractivity contribution is 0.123. The van der Waals surface area contributed by atoms with Crippen molar-refractivity contribution in [3.8, 4) is 0 Å². The van der Waals surface area contributed by atoms with Crippen LogP contribution >= 0.6 is 0 Å². The van der Waals surface area contributed by atoms with E-state index < -0.39 is 32.2 Å². The standard InChI is InChI=1S/C13H18F2N2O3S/c14-10-4-5-11(12(15)13(10)16)21(18,19)17-6-1-7-20-8-9-2-3-9/h4-5,9,17H,1-3,6-8,16H2. The van der Waals surface area contributed by atoms with Crippen molar-refractivity contribution in [1.82, 2.24) is 4.72 Å². The smallest absolute Gasteiger partial charge is 0.243 e. The summed E-state index contributed by atoms with van der Waals surface area (Å²) in [6.07, 6.45) is 2.86. The van der Waals surface area contributed by atoms with Crippen LogP contribution in [0.1, 0.15) is 19.3 Å². The van der Waals surface area contributed by atoms with Gasteiger partial charge in [0.15, 0.2) is 5.82 Å². The minimum atomic E-state index is -4.05. The van der Waals surface area contributed by atoms with E-state index in [9.17, 15) is 17.2 Å². The van der Waals surface area contributed by atoms with E-state index in [2.05, 4.69) is 4.72 Å². The van der Waals surface area contributed by atoms with Crippen molar-refractivity contribution in [2.75, 3.05) is 25.5 Å². The second-order valence-electron chi connectivity index (χ2n) is 5.04. The van der Waals surface area contributed by atoms with E-state index in [4.69, 9.17) is 10.5 Å². The molecule has 0 heterocycles. The van der Waals surface area contributed by atoms with E-state index in [0.29, 0.717) is 25.6 Å². The number of ether oxygens (including phenoxy) is 1. The van der Waals surface area contributed by atoms with Crippen LogP contribution in [0.3, 0.4) is 0 Å². The second kappa shape index (κ2) is 6.67. The fourth-order valence-electron chi connectivity index (χ4n) is 1.75. The van der Waals surface area contributed by atoms with E-state index in [1.807, 2.05) is 0 Å². The maximum Gasteiger partial charge on any atom is 0.243 e. The Morgan fingerprint density at radius 2 is 2.05 bits per heavy atom. The predicted molar refractivity (Wildman–Crippen MR) is 74.1 cm³/mol. The number of anilines is 1. The van der Waals surface area contributed by atoms with Gasteiger partial charge in [0.2, 0.25) is 10.0 Å². The Hall–Kier alpha value is -1.25. The first-order chi connectivity index (χ1) is 9.92. The van der Waals surface area contributed by atoms with Crippen molar-refractivity contribution in [2.24, 2.45) is 5.92 Å². The first-order valence-corrected chi connectivity index (χ1v) is 8.21. The number of hydrogen-bond donors (Lipinski definition) is 2. The van der Waals surface area contributed by atoms with Gasteiger partial charge in [0, 0.05) is 19.8 Å². The lowest BCUT2D eigenvalue weighted by atomic mass is 10.3. The quantitative estimate of drug-likeness (QED) is 0.563. The average molecular weight is 320 g/mol. The molecule has 5 nitrogen and oxygen atoms in total. The molecule has 0 radical (unpaired) electrons. The molecule has 1 fully saturated rings. The maximum atomic E-state index is 13.7. The fraction of sp³-hybridized carbons (Fsp3) is 0.538. The zero-order chi connectivity index (χ0) is 15.5. The number of hydrogen-bond acceptors (Lipinski definition) is 4. The van der Waals surface area contributed by atoms with Gasteiger partial charge in [-0.25, -0.2) is 21.9 Å². The molecule has 0 spiro atoms. The SMILES string of the molecule is Nc1c(F)ccc(S(=O)(=O)NCCCOCC2CC2)c1F. The summed E-state index contributed by atoms with van der Waals surface area (Å²) in [4.78, 5) is -0.653. The highest BCUT2D eigenvalue weighted by molar-refractivity contribution is 7.89. The molecule has 1 aliphatic rings. The molecule has 0 aliphatic heterocycles. The van der Waals surface area contributed by atoms with Crippen LogP contribution in [0.15, 0.2) is 17.0 Å². The molecule has 1 saturated carbocycles.